The second kappa shape index (κ2) is 10.0. The van der Waals surface area contributed by atoms with E-state index in [1.807, 2.05) is 11.0 Å². The minimum Gasteiger partial charge on any atom is -0.493 e. The predicted octanol–water partition coefficient (Wildman–Crippen LogP) is 4.50. The second-order valence-corrected chi connectivity index (χ2v) is 9.01. The Bertz CT molecular complexity index is 1240. The van der Waals surface area contributed by atoms with Gasteiger partial charge in [-0.3, -0.25) is 4.79 Å². The second-order valence-electron chi connectivity index (χ2n) is 9.01. The number of rotatable bonds is 7. The van der Waals surface area contributed by atoms with Gasteiger partial charge in [-0.15, -0.1) is 0 Å². The molecule has 2 aromatic carbocycles. The summed E-state index contributed by atoms with van der Waals surface area (Å²) in [7, 11) is 4.64. The molecule has 0 unspecified atom stereocenters. The molecule has 1 amide bonds. The maximum absolute atomic E-state index is 13.6. The van der Waals surface area contributed by atoms with Crippen molar-refractivity contribution >= 4 is 5.91 Å². The molecule has 36 heavy (non-hydrogen) atoms. The Hall–Kier alpha value is -3.88. The molecular formula is C27H30N2O7. The van der Waals surface area contributed by atoms with Gasteiger partial charge in [0.25, 0.3) is 5.91 Å². The number of likely N-dealkylation sites (tertiary alicyclic amines) is 1. The van der Waals surface area contributed by atoms with Crippen LogP contribution < -0.4 is 23.7 Å². The van der Waals surface area contributed by atoms with Crippen molar-refractivity contribution in [1.82, 2.24) is 10.1 Å². The molecule has 3 heterocycles. The van der Waals surface area contributed by atoms with Crippen LogP contribution in [0.15, 0.2) is 34.9 Å². The van der Waals surface area contributed by atoms with Crippen molar-refractivity contribution in [3.8, 4) is 40.1 Å². The van der Waals surface area contributed by atoms with Crippen molar-refractivity contribution in [1.29, 1.82) is 0 Å². The van der Waals surface area contributed by atoms with Crippen molar-refractivity contribution in [3.63, 3.8) is 0 Å². The Balaban J connectivity index is 1.31. The number of methoxy groups -OCH3 is 3. The van der Waals surface area contributed by atoms with Crippen molar-refractivity contribution in [3.05, 3.63) is 47.2 Å². The zero-order valence-corrected chi connectivity index (χ0v) is 21.0. The van der Waals surface area contributed by atoms with Gasteiger partial charge < -0.3 is 33.1 Å². The van der Waals surface area contributed by atoms with E-state index in [4.69, 9.17) is 28.2 Å². The third kappa shape index (κ3) is 4.41. The number of aromatic nitrogens is 1. The largest absolute Gasteiger partial charge is 0.493 e. The Labute approximate surface area is 209 Å². The molecule has 190 valence electrons. The number of nitrogens with zero attached hydrogens (tertiary/aromatic N) is 2. The van der Waals surface area contributed by atoms with Crippen LogP contribution in [0.3, 0.4) is 0 Å². The quantitative estimate of drug-likeness (QED) is 0.474. The lowest BCUT2D eigenvalue weighted by Crippen LogP contribution is -2.39. The van der Waals surface area contributed by atoms with Crippen molar-refractivity contribution < 1.29 is 33.0 Å². The lowest BCUT2D eigenvalue weighted by Gasteiger charge is -2.32. The normalized spacial score (nSPS) is 15.2. The molecule has 1 aromatic heterocycles. The van der Waals surface area contributed by atoms with Gasteiger partial charge in [0.1, 0.15) is 5.56 Å². The number of carbonyl (C=O) groups excluding carboxylic acids is 1. The fourth-order valence-electron chi connectivity index (χ4n) is 4.93. The first-order chi connectivity index (χ1) is 17.5. The summed E-state index contributed by atoms with van der Waals surface area (Å²) in [6, 6.07) is 9.64. The monoisotopic (exact) mass is 494 g/mol. The highest BCUT2D eigenvalue weighted by atomic mass is 16.7. The molecule has 0 radical (unpaired) electrons. The first-order valence-corrected chi connectivity index (χ1v) is 12.0. The van der Waals surface area contributed by atoms with Gasteiger partial charge in [-0.1, -0.05) is 11.2 Å². The molecule has 9 nitrogen and oxygen atoms in total. The number of amides is 1. The number of fused-ring (bicyclic) bond motifs is 1. The molecule has 3 aromatic rings. The summed E-state index contributed by atoms with van der Waals surface area (Å²) in [4.78, 5) is 15.5. The Morgan fingerprint density at radius 1 is 1.00 bits per heavy atom. The fraction of sp³-hybridized carbons (Fsp3) is 0.407. The number of hydrogen-bond donors (Lipinski definition) is 0. The average Bonchev–Trinajstić information content (AvgIpc) is 3.53. The molecule has 0 saturated carbocycles. The molecule has 0 spiro atoms. The standard InChI is InChI=1S/C27H30N2O7/c1-16-24(25(36-28-16)19-13-22(31-2)26(33-4)23(14-19)32-3)27(30)29-9-7-17(8-10-29)11-18-5-6-20-21(12-18)35-15-34-20/h5-6,12-14,17H,7-11,15H2,1-4H3. The van der Waals surface area contributed by atoms with Crippen LogP contribution in [0.4, 0.5) is 0 Å². The SMILES string of the molecule is COc1cc(-c2onc(C)c2C(=O)N2CCC(Cc3ccc4c(c3)OCO4)CC2)cc(OC)c1OC. The number of aryl methyl sites for hydroxylation is 1. The van der Waals surface area contributed by atoms with Gasteiger partial charge in [0.15, 0.2) is 28.8 Å². The summed E-state index contributed by atoms with van der Waals surface area (Å²) in [6.07, 6.45) is 2.79. The molecule has 2 aliphatic heterocycles. The maximum atomic E-state index is 13.6. The minimum absolute atomic E-state index is 0.0842. The number of carbonyl (C=O) groups is 1. The number of piperidine rings is 1. The average molecular weight is 495 g/mol. The van der Waals surface area contributed by atoms with Crippen LogP contribution in [-0.4, -0.2) is 57.2 Å². The van der Waals surface area contributed by atoms with Crippen LogP contribution in [-0.2, 0) is 6.42 Å². The molecule has 1 saturated heterocycles. The highest BCUT2D eigenvalue weighted by molar-refractivity contribution is 6.00. The van der Waals surface area contributed by atoms with Crippen LogP contribution in [0, 0.1) is 12.8 Å². The molecular weight excluding hydrogens is 464 g/mol. The van der Waals surface area contributed by atoms with Gasteiger partial charge >= 0.3 is 0 Å². The van der Waals surface area contributed by atoms with Crippen molar-refractivity contribution in [2.45, 2.75) is 26.2 Å². The zero-order chi connectivity index (χ0) is 25.2. The molecule has 0 bridgehead atoms. The van der Waals surface area contributed by atoms with Gasteiger partial charge in [0.05, 0.1) is 27.0 Å². The van der Waals surface area contributed by atoms with Crippen LogP contribution in [0.1, 0.15) is 34.5 Å². The highest BCUT2D eigenvalue weighted by Gasteiger charge is 2.30. The van der Waals surface area contributed by atoms with E-state index in [9.17, 15) is 4.79 Å². The third-order valence-corrected chi connectivity index (χ3v) is 6.87. The topological polar surface area (TPSA) is 92.5 Å². The highest BCUT2D eigenvalue weighted by Crippen LogP contribution is 2.42. The van der Waals surface area contributed by atoms with Gasteiger partial charge in [0.2, 0.25) is 12.5 Å². The van der Waals surface area contributed by atoms with E-state index in [1.54, 1.807) is 40.4 Å². The summed E-state index contributed by atoms with van der Waals surface area (Å²) in [5.74, 6) is 3.82. The summed E-state index contributed by atoms with van der Waals surface area (Å²) in [5, 5.41) is 4.10. The molecule has 2 aliphatic rings. The molecule has 9 heteroatoms. The number of ether oxygens (including phenoxy) is 5. The van der Waals surface area contributed by atoms with Crippen LogP contribution in [0.5, 0.6) is 28.7 Å². The molecule has 0 N–H and O–H groups in total. The van der Waals surface area contributed by atoms with E-state index in [0.29, 0.717) is 58.8 Å². The third-order valence-electron chi connectivity index (χ3n) is 6.87. The van der Waals surface area contributed by atoms with Gasteiger partial charge in [-0.25, -0.2) is 0 Å². The summed E-state index contributed by atoms with van der Waals surface area (Å²) in [6.45, 7) is 3.41. The number of hydrogen-bond acceptors (Lipinski definition) is 8. The van der Waals surface area contributed by atoms with Gasteiger partial charge in [-0.05, 0) is 61.9 Å². The van der Waals surface area contributed by atoms with Crippen LogP contribution >= 0.6 is 0 Å². The summed E-state index contributed by atoms with van der Waals surface area (Å²) < 4.78 is 32.9. The first-order valence-electron chi connectivity index (χ1n) is 12.0. The lowest BCUT2D eigenvalue weighted by atomic mass is 9.89. The van der Waals surface area contributed by atoms with E-state index >= 15 is 0 Å². The van der Waals surface area contributed by atoms with E-state index in [0.717, 1.165) is 30.8 Å². The molecule has 1 fully saturated rings. The predicted molar refractivity (Wildman–Crippen MR) is 131 cm³/mol. The van der Waals surface area contributed by atoms with E-state index in [1.165, 1.54) is 5.56 Å². The molecule has 0 aliphatic carbocycles. The molecule has 5 rings (SSSR count). The van der Waals surface area contributed by atoms with Crippen LogP contribution in [0.25, 0.3) is 11.3 Å². The van der Waals surface area contributed by atoms with Crippen molar-refractivity contribution in [2.75, 3.05) is 41.2 Å². The minimum atomic E-state index is -0.0842. The van der Waals surface area contributed by atoms with Crippen LogP contribution in [0.2, 0.25) is 0 Å². The van der Waals surface area contributed by atoms with E-state index in [2.05, 4.69) is 17.3 Å². The molecule has 0 atom stereocenters. The summed E-state index contributed by atoms with van der Waals surface area (Å²) in [5.41, 5.74) is 2.86. The van der Waals surface area contributed by atoms with E-state index < -0.39 is 0 Å². The first kappa shape index (κ1) is 23.8. The van der Waals surface area contributed by atoms with Gasteiger partial charge in [0, 0.05) is 18.7 Å². The maximum Gasteiger partial charge on any atom is 0.259 e. The lowest BCUT2D eigenvalue weighted by molar-refractivity contribution is 0.0690. The Kier molecular flexibility index (Phi) is 6.63. The number of benzene rings is 2. The van der Waals surface area contributed by atoms with E-state index in [-0.39, 0.29) is 12.7 Å². The Morgan fingerprint density at radius 2 is 1.69 bits per heavy atom. The zero-order valence-electron chi connectivity index (χ0n) is 21.0. The smallest absolute Gasteiger partial charge is 0.259 e. The Morgan fingerprint density at radius 3 is 2.36 bits per heavy atom. The van der Waals surface area contributed by atoms with Gasteiger partial charge in [-0.2, -0.15) is 0 Å². The van der Waals surface area contributed by atoms with Crippen molar-refractivity contribution in [2.24, 2.45) is 5.92 Å². The fourth-order valence-corrected chi connectivity index (χ4v) is 4.93. The summed E-state index contributed by atoms with van der Waals surface area (Å²) >= 11 is 0.